The van der Waals surface area contributed by atoms with Gasteiger partial charge in [0, 0.05) is 0 Å². The first-order valence-corrected chi connectivity index (χ1v) is 6.31. The zero-order valence-electron chi connectivity index (χ0n) is 11.7. The van der Waals surface area contributed by atoms with Crippen LogP contribution in [0.3, 0.4) is 0 Å². The molecule has 1 rings (SSSR count). The molecule has 0 atom stereocenters. The Hall–Kier alpha value is -1.89. The van der Waals surface area contributed by atoms with E-state index in [-0.39, 0.29) is 0 Å². The topological polar surface area (TPSA) is 12.4 Å². The third-order valence-corrected chi connectivity index (χ3v) is 2.29. The van der Waals surface area contributed by atoms with Crippen molar-refractivity contribution in [2.24, 2.45) is 4.99 Å². The Morgan fingerprint density at radius 3 is 2.50 bits per heavy atom. The van der Waals surface area contributed by atoms with Crippen LogP contribution in [0, 0.1) is 0 Å². The standard InChI is InChI=1S/C15H17N.C2H6/c1-4-9-14(15(5-2)16-3)12-13-10-7-6-8-11-13;1-2/h4-10,12H,1,3,11H2,2H3;1-2H3/b13-12-,14-9-,15-5+;. The maximum absolute atomic E-state index is 4.00. The Morgan fingerprint density at radius 2 is 2.06 bits per heavy atom. The Morgan fingerprint density at radius 1 is 1.33 bits per heavy atom. The summed E-state index contributed by atoms with van der Waals surface area (Å²) in [6.07, 6.45) is 17.1. The lowest BCUT2D eigenvalue weighted by Gasteiger charge is -2.06. The van der Waals surface area contributed by atoms with E-state index in [9.17, 15) is 0 Å². The van der Waals surface area contributed by atoms with Gasteiger partial charge in [-0.15, -0.1) is 0 Å². The maximum atomic E-state index is 4.00. The first-order valence-electron chi connectivity index (χ1n) is 6.31. The maximum Gasteiger partial charge on any atom is 0.0652 e. The molecule has 1 heteroatoms. The fraction of sp³-hybridized carbons (Fsp3) is 0.235. The molecule has 0 unspecified atom stereocenters. The Bertz CT molecular complexity index is 415. The molecule has 0 amide bonds. The van der Waals surface area contributed by atoms with Gasteiger partial charge in [0.05, 0.1) is 5.70 Å². The molecule has 0 aromatic heterocycles. The van der Waals surface area contributed by atoms with Gasteiger partial charge < -0.3 is 0 Å². The van der Waals surface area contributed by atoms with Crippen LogP contribution in [0.2, 0.25) is 0 Å². The van der Waals surface area contributed by atoms with Crippen molar-refractivity contribution in [1.82, 2.24) is 0 Å². The fourth-order valence-corrected chi connectivity index (χ4v) is 1.52. The second kappa shape index (κ2) is 10.3. The molecule has 0 saturated heterocycles. The van der Waals surface area contributed by atoms with Crippen molar-refractivity contribution < 1.29 is 0 Å². The van der Waals surface area contributed by atoms with E-state index >= 15 is 0 Å². The predicted molar refractivity (Wildman–Crippen MR) is 83.9 cm³/mol. The number of allylic oxidation sites excluding steroid dienone is 9. The molecule has 0 heterocycles. The lowest BCUT2D eigenvalue weighted by Crippen LogP contribution is -1.87. The molecule has 0 saturated carbocycles. The zero-order chi connectivity index (χ0) is 13.8. The van der Waals surface area contributed by atoms with Gasteiger partial charge in [-0.25, -0.2) is 0 Å². The van der Waals surface area contributed by atoms with E-state index in [1.54, 1.807) is 6.08 Å². The van der Waals surface area contributed by atoms with Gasteiger partial charge in [0.25, 0.3) is 0 Å². The first-order chi connectivity index (χ1) is 8.81. The molecular formula is C17H23N. The second-order valence-corrected chi connectivity index (χ2v) is 3.40. The van der Waals surface area contributed by atoms with Crippen LogP contribution in [0.1, 0.15) is 27.2 Å². The minimum Gasteiger partial charge on any atom is -0.264 e. The van der Waals surface area contributed by atoms with Crippen LogP contribution in [0.4, 0.5) is 0 Å². The summed E-state index contributed by atoms with van der Waals surface area (Å²) in [5.41, 5.74) is 3.19. The third-order valence-electron chi connectivity index (χ3n) is 2.29. The van der Waals surface area contributed by atoms with Crippen LogP contribution in [-0.2, 0) is 0 Å². The summed E-state index contributed by atoms with van der Waals surface area (Å²) in [5.74, 6) is 0. The van der Waals surface area contributed by atoms with Crippen molar-refractivity contribution in [3.63, 3.8) is 0 Å². The third kappa shape index (κ3) is 5.44. The summed E-state index contributed by atoms with van der Waals surface area (Å²) < 4.78 is 0. The summed E-state index contributed by atoms with van der Waals surface area (Å²) in [4.78, 5) is 4.00. The van der Waals surface area contributed by atoms with Crippen LogP contribution in [0.25, 0.3) is 0 Å². The summed E-state index contributed by atoms with van der Waals surface area (Å²) in [5, 5.41) is 0. The molecule has 1 aliphatic rings. The van der Waals surface area contributed by atoms with Crippen LogP contribution in [-0.4, -0.2) is 6.72 Å². The van der Waals surface area contributed by atoms with E-state index in [0.717, 1.165) is 17.7 Å². The van der Waals surface area contributed by atoms with Crippen molar-refractivity contribution in [2.75, 3.05) is 0 Å². The number of nitrogens with zero attached hydrogens (tertiary/aromatic N) is 1. The van der Waals surface area contributed by atoms with E-state index < -0.39 is 0 Å². The summed E-state index contributed by atoms with van der Waals surface area (Å²) in [7, 11) is 0. The summed E-state index contributed by atoms with van der Waals surface area (Å²) in [6.45, 7) is 13.2. The van der Waals surface area contributed by atoms with Gasteiger partial charge in [-0.1, -0.05) is 63.0 Å². The largest absolute Gasteiger partial charge is 0.264 e. The summed E-state index contributed by atoms with van der Waals surface area (Å²) >= 11 is 0. The van der Waals surface area contributed by atoms with Gasteiger partial charge in [0.1, 0.15) is 0 Å². The highest BCUT2D eigenvalue weighted by Gasteiger charge is 2.00. The summed E-state index contributed by atoms with van der Waals surface area (Å²) in [6, 6.07) is 0. The minimum absolute atomic E-state index is 0.885. The van der Waals surface area contributed by atoms with Crippen molar-refractivity contribution in [3.05, 3.63) is 72.0 Å². The number of hydrogen-bond donors (Lipinski definition) is 0. The van der Waals surface area contributed by atoms with Crippen LogP contribution >= 0.6 is 0 Å². The highest BCUT2D eigenvalue weighted by Crippen LogP contribution is 2.19. The highest BCUT2D eigenvalue weighted by molar-refractivity contribution is 5.48. The SMILES string of the molecule is C=C/C=C(/C=C1/C=CC=CC1)C(=C/C)\N=C.CC. The fourth-order valence-electron chi connectivity index (χ4n) is 1.52. The second-order valence-electron chi connectivity index (χ2n) is 3.40. The smallest absolute Gasteiger partial charge is 0.0652 e. The van der Waals surface area contributed by atoms with Crippen LogP contribution in [0.15, 0.2) is 77.0 Å². The molecule has 0 spiro atoms. The zero-order valence-corrected chi connectivity index (χ0v) is 11.7. The van der Waals surface area contributed by atoms with Gasteiger partial charge in [0.15, 0.2) is 0 Å². The van der Waals surface area contributed by atoms with Crippen molar-refractivity contribution in [3.8, 4) is 0 Å². The molecule has 96 valence electrons. The van der Waals surface area contributed by atoms with Gasteiger partial charge in [0.2, 0.25) is 0 Å². The molecule has 18 heavy (non-hydrogen) atoms. The predicted octanol–water partition coefficient (Wildman–Crippen LogP) is 5.17. The first kappa shape index (κ1) is 16.1. The van der Waals surface area contributed by atoms with Crippen molar-refractivity contribution in [2.45, 2.75) is 27.2 Å². The van der Waals surface area contributed by atoms with Crippen LogP contribution < -0.4 is 0 Å². The highest BCUT2D eigenvalue weighted by atomic mass is 14.7. The normalized spacial score (nSPS) is 17.2. The molecule has 0 aliphatic heterocycles. The van der Waals surface area contributed by atoms with Gasteiger partial charge in [-0.2, -0.15) is 0 Å². The Labute approximate surface area is 111 Å². The lowest BCUT2D eigenvalue weighted by atomic mass is 10.0. The molecule has 0 N–H and O–H groups in total. The minimum atomic E-state index is 0.885. The number of hydrogen-bond acceptors (Lipinski definition) is 1. The quantitative estimate of drug-likeness (QED) is 0.475. The van der Waals surface area contributed by atoms with Crippen LogP contribution in [0.5, 0.6) is 0 Å². The van der Waals surface area contributed by atoms with E-state index in [1.807, 2.05) is 39.0 Å². The number of aliphatic imine (C=N–C) groups is 1. The average Bonchev–Trinajstić information content (AvgIpc) is 2.44. The molecule has 0 aromatic carbocycles. The van der Waals surface area contributed by atoms with E-state index in [1.165, 1.54) is 5.57 Å². The van der Waals surface area contributed by atoms with Crippen molar-refractivity contribution >= 4 is 6.72 Å². The molecule has 0 bridgehead atoms. The van der Waals surface area contributed by atoms with Gasteiger partial charge in [-0.05, 0) is 37.3 Å². The van der Waals surface area contributed by atoms with E-state index in [0.29, 0.717) is 0 Å². The van der Waals surface area contributed by atoms with Gasteiger partial charge in [-0.3, -0.25) is 4.99 Å². The molecule has 0 aromatic rings. The molecule has 0 radical (unpaired) electrons. The average molecular weight is 241 g/mol. The Kier molecular flexibility index (Phi) is 9.20. The molecule has 0 fully saturated rings. The lowest BCUT2D eigenvalue weighted by molar-refractivity contribution is 1.24. The molecular weight excluding hydrogens is 218 g/mol. The van der Waals surface area contributed by atoms with E-state index in [4.69, 9.17) is 0 Å². The molecule has 1 nitrogen and oxygen atoms in total. The molecule has 1 aliphatic carbocycles. The number of rotatable bonds is 4. The van der Waals surface area contributed by atoms with Crippen molar-refractivity contribution in [1.29, 1.82) is 0 Å². The monoisotopic (exact) mass is 241 g/mol. The van der Waals surface area contributed by atoms with Gasteiger partial charge >= 0.3 is 0 Å². The van der Waals surface area contributed by atoms with E-state index in [2.05, 4.69) is 42.6 Å². The Balaban J connectivity index is 0.00000137.